The van der Waals surface area contributed by atoms with Crippen LogP contribution in [0.1, 0.15) is 46.5 Å². The number of amides is 1. The van der Waals surface area contributed by atoms with Gasteiger partial charge in [-0.1, -0.05) is 12.8 Å². The normalized spacial score (nSPS) is 19.1. The Balaban J connectivity index is 2.48. The quantitative estimate of drug-likeness (QED) is 0.755. The Hall–Kier alpha value is -0.660. The fourth-order valence-corrected chi connectivity index (χ4v) is 3.67. The number of hydrogen-bond acceptors (Lipinski definition) is 4. The first-order valence-electron chi connectivity index (χ1n) is 7.62. The van der Waals surface area contributed by atoms with Crippen LogP contribution in [0.2, 0.25) is 0 Å². The average molecular weight is 319 g/mol. The van der Waals surface area contributed by atoms with E-state index in [9.17, 15) is 13.2 Å². The van der Waals surface area contributed by atoms with Crippen LogP contribution in [0.4, 0.5) is 0 Å². The molecule has 7 heteroatoms. The van der Waals surface area contributed by atoms with Gasteiger partial charge in [-0.25, -0.2) is 13.1 Å². The van der Waals surface area contributed by atoms with Crippen LogP contribution in [0.15, 0.2) is 0 Å². The summed E-state index contributed by atoms with van der Waals surface area (Å²) in [5.74, 6) is 0.104. The third-order valence-electron chi connectivity index (χ3n) is 3.60. The minimum atomic E-state index is -3.26. The summed E-state index contributed by atoms with van der Waals surface area (Å²) in [5.41, 5.74) is -0.624. The molecule has 0 saturated carbocycles. The van der Waals surface area contributed by atoms with E-state index in [0.29, 0.717) is 6.54 Å². The van der Waals surface area contributed by atoms with Gasteiger partial charge in [-0.2, -0.15) is 0 Å². The minimum absolute atomic E-state index is 0.104. The molecule has 1 saturated heterocycles. The maximum atomic E-state index is 12.4. The lowest BCUT2D eigenvalue weighted by atomic mass is 10.1. The predicted octanol–water partition coefficient (Wildman–Crippen LogP) is 0.695. The smallest absolute Gasteiger partial charge is 0.239 e. The Morgan fingerprint density at radius 2 is 1.71 bits per heavy atom. The molecule has 1 rings (SSSR count). The van der Waals surface area contributed by atoms with Gasteiger partial charge in [-0.3, -0.25) is 4.79 Å². The number of nitrogens with one attached hydrogen (secondary N) is 2. The molecule has 1 fully saturated rings. The van der Waals surface area contributed by atoms with E-state index in [1.165, 1.54) is 12.8 Å². The maximum absolute atomic E-state index is 12.4. The summed E-state index contributed by atoms with van der Waals surface area (Å²) in [4.78, 5) is 14.3. The van der Waals surface area contributed by atoms with Gasteiger partial charge in [0.2, 0.25) is 15.9 Å². The number of nitrogens with zero attached hydrogens (tertiary/aromatic N) is 1. The van der Waals surface area contributed by atoms with Crippen molar-refractivity contribution in [2.45, 2.75) is 58.0 Å². The SMILES string of the molecule is CC(NCC(C)(C)NS(C)(=O)=O)C(=O)N1CCCCCC1. The van der Waals surface area contributed by atoms with E-state index in [-0.39, 0.29) is 11.9 Å². The molecule has 2 N–H and O–H groups in total. The van der Waals surface area contributed by atoms with E-state index in [0.717, 1.165) is 32.2 Å². The third kappa shape index (κ3) is 7.24. The van der Waals surface area contributed by atoms with Crippen LogP contribution in [0.25, 0.3) is 0 Å². The van der Waals surface area contributed by atoms with Crippen molar-refractivity contribution in [1.82, 2.24) is 14.9 Å². The van der Waals surface area contributed by atoms with E-state index >= 15 is 0 Å². The molecule has 0 radical (unpaired) electrons. The summed E-state index contributed by atoms with van der Waals surface area (Å²) in [5, 5.41) is 3.14. The van der Waals surface area contributed by atoms with Gasteiger partial charge in [0.15, 0.2) is 0 Å². The summed E-state index contributed by atoms with van der Waals surface area (Å²) in [7, 11) is -3.26. The van der Waals surface area contributed by atoms with Gasteiger partial charge in [-0.05, 0) is 33.6 Å². The van der Waals surface area contributed by atoms with Gasteiger partial charge in [0, 0.05) is 25.2 Å². The molecule has 1 unspecified atom stereocenters. The van der Waals surface area contributed by atoms with Crippen molar-refractivity contribution in [2.24, 2.45) is 0 Å². The van der Waals surface area contributed by atoms with Crippen molar-refractivity contribution in [3.05, 3.63) is 0 Å². The van der Waals surface area contributed by atoms with Crippen LogP contribution >= 0.6 is 0 Å². The standard InChI is InChI=1S/C14H29N3O3S/c1-12(13(18)17-9-7-5-6-8-10-17)15-11-14(2,3)16-21(4,19)20/h12,15-16H,5-11H2,1-4H3. The zero-order chi connectivity index (χ0) is 16.1. The highest BCUT2D eigenvalue weighted by atomic mass is 32.2. The highest BCUT2D eigenvalue weighted by molar-refractivity contribution is 7.88. The minimum Gasteiger partial charge on any atom is -0.341 e. The summed E-state index contributed by atoms with van der Waals surface area (Å²) < 4.78 is 25.2. The second-order valence-corrected chi connectivity index (χ2v) is 8.35. The Bertz CT molecular complexity index is 440. The summed E-state index contributed by atoms with van der Waals surface area (Å²) in [6, 6.07) is -0.302. The van der Waals surface area contributed by atoms with Crippen LogP contribution in [0.3, 0.4) is 0 Å². The molecule has 0 aliphatic carbocycles. The topological polar surface area (TPSA) is 78.5 Å². The summed E-state index contributed by atoms with van der Waals surface area (Å²) in [6.07, 6.45) is 5.66. The molecule has 21 heavy (non-hydrogen) atoms. The van der Waals surface area contributed by atoms with Gasteiger partial charge in [0.25, 0.3) is 0 Å². The van der Waals surface area contributed by atoms with E-state index < -0.39 is 15.6 Å². The van der Waals surface area contributed by atoms with Crippen molar-refractivity contribution in [3.63, 3.8) is 0 Å². The zero-order valence-corrected chi connectivity index (χ0v) is 14.4. The molecule has 0 bridgehead atoms. The Labute approximate surface area is 128 Å². The first-order valence-corrected chi connectivity index (χ1v) is 9.51. The number of rotatable bonds is 6. The van der Waals surface area contributed by atoms with E-state index in [4.69, 9.17) is 0 Å². The zero-order valence-electron chi connectivity index (χ0n) is 13.6. The molecule has 6 nitrogen and oxygen atoms in total. The fraction of sp³-hybridized carbons (Fsp3) is 0.929. The Kier molecular flexibility index (Phi) is 6.62. The molecule has 124 valence electrons. The lowest BCUT2D eigenvalue weighted by Gasteiger charge is -2.29. The number of hydrogen-bond donors (Lipinski definition) is 2. The van der Waals surface area contributed by atoms with Crippen molar-refractivity contribution in [3.8, 4) is 0 Å². The monoisotopic (exact) mass is 319 g/mol. The van der Waals surface area contributed by atoms with E-state index in [1.54, 1.807) is 13.8 Å². The van der Waals surface area contributed by atoms with Gasteiger partial charge in [-0.15, -0.1) is 0 Å². The van der Waals surface area contributed by atoms with Gasteiger partial charge in [0.1, 0.15) is 0 Å². The summed E-state index contributed by atoms with van der Waals surface area (Å²) >= 11 is 0. The second kappa shape index (κ2) is 7.56. The lowest BCUT2D eigenvalue weighted by molar-refractivity contribution is -0.133. The van der Waals surface area contributed by atoms with E-state index in [1.807, 2.05) is 11.8 Å². The number of sulfonamides is 1. The van der Waals surface area contributed by atoms with Crippen molar-refractivity contribution in [2.75, 3.05) is 25.9 Å². The van der Waals surface area contributed by atoms with Crippen LogP contribution in [0.5, 0.6) is 0 Å². The maximum Gasteiger partial charge on any atom is 0.239 e. The molecule has 1 aliphatic rings. The van der Waals surface area contributed by atoms with Gasteiger partial charge in [0.05, 0.1) is 12.3 Å². The van der Waals surface area contributed by atoms with E-state index in [2.05, 4.69) is 10.0 Å². The molecule has 0 aromatic rings. The van der Waals surface area contributed by atoms with Crippen molar-refractivity contribution < 1.29 is 13.2 Å². The Morgan fingerprint density at radius 3 is 2.19 bits per heavy atom. The van der Waals surface area contributed by atoms with Crippen molar-refractivity contribution >= 4 is 15.9 Å². The van der Waals surface area contributed by atoms with Crippen LogP contribution in [-0.4, -0.2) is 56.7 Å². The molecule has 1 amide bonds. The highest BCUT2D eigenvalue weighted by Crippen LogP contribution is 2.11. The van der Waals surface area contributed by atoms with Crippen molar-refractivity contribution in [1.29, 1.82) is 0 Å². The average Bonchev–Trinajstić information content (AvgIpc) is 2.61. The number of carbonyl (C=O) groups excluding carboxylic acids is 1. The second-order valence-electron chi connectivity index (χ2n) is 6.60. The first-order chi connectivity index (χ1) is 9.61. The molecule has 1 atom stereocenters. The third-order valence-corrected chi connectivity index (χ3v) is 4.52. The molecule has 0 aromatic carbocycles. The first kappa shape index (κ1) is 18.4. The van der Waals surface area contributed by atoms with Crippen LogP contribution < -0.4 is 10.0 Å². The molecule has 0 aromatic heterocycles. The highest BCUT2D eigenvalue weighted by Gasteiger charge is 2.26. The molecular weight excluding hydrogens is 290 g/mol. The predicted molar refractivity (Wildman–Crippen MR) is 84.6 cm³/mol. The largest absolute Gasteiger partial charge is 0.341 e. The molecule has 0 spiro atoms. The van der Waals surface area contributed by atoms with Crippen LogP contribution in [0, 0.1) is 0 Å². The van der Waals surface area contributed by atoms with Gasteiger partial charge < -0.3 is 10.2 Å². The molecule has 1 aliphatic heterocycles. The van der Waals surface area contributed by atoms with Gasteiger partial charge >= 0.3 is 0 Å². The molecule has 1 heterocycles. The molecular formula is C14H29N3O3S. The number of carbonyl (C=O) groups is 1. The summed E-state index contributed by atoms with van der Waals surface area (Å²) in [6.45, 7) is 7.49. The Morgan fingerprint density at radius 1 is 1.19 bits per heavy atom. The fourth-order valence-electron chi connectivity index (χ4n) is 2.60. The lowest BCUT2D eigenvalue weighted by Crippen LogP contribution is -2.54. The van der Waals surface area contributed by atoms with Crippen LogP contribution in [-0.2, 0) is 14.8 Å². The number of likely N-dealkylation sites (tertiary alicyclic amines) is 1.